The molecule has 3 atom stereocenters. The van der Waals surface area contributed by atoms with Gasteiger partial charge in [-0.15, -0.1) is 0 Å². The van der Waals surface area contributed by atoms with Crippen molar-refractivity contribution in [1.82, 2.24) is 9.88 Å². The van der Waals surface area contributed by atoms with Crippen LogP contribution in [0.4, 0.5) is 16.2 Å². The number of piperidine rings is 1. The lowest BCUT2D eigenvalue weighted by molar-refractivity contribution is 0.00683. The van der Waals surface area contributed by atoms with Crippen LogP contribution in [-0.4, -0.2) is 58.5 Å². The summed E-state index contributed by atoms with van der Waals surface area (Å²) in [4.78, 5) is 36.0. The average Bonchev–Trinajstić information content (AvgIpc) is 3.23. The number of aromatic nitrogens is 1. The van der Waals surface area contributed by atoms with Gasteiger partial charge in [-0.2, -0.15) is 0 Å². The van der Waals surface area contributed by atoms with Gasteiger partial charge in [0.2, 0.25) is 0 Å². The average molecular weight is 415 g/mol. The number of amides is 1. The number of esters is 1. The van der Waals surface area contributed by atoms with Gasteiger partial charge in [0.15, 0.2) is 0 Å². The molecule has 3 aliphatic heterocycles. The van der Waals surface area contributed by atoms with Crippen molar-refractivity contribution in [1.29, 1.82) is 0 Å². The van der Waals surface area contributed by atoms with E-state index in [1.165, 1.54) is 0 Å². The zero-order valence-electron chi connectivity index (χ0n) is 18.1. The van der Waals surface area contributed by atoms with E-state index in [9.17, 15) is 9.59 Å². The molecule has 4 rings (SSSR count). The Kier molecular flexibility index (Phi) is 5.42. The normalized spacial score (nSPS) is 24.5. The molecule has 30 heavy (non-hydrogen) atoms. The van der Waals surface area contributed by atoms with E-state index in [0.29, 0.717) is 24.3 Å². The van der Waals surface area contributed by atoms with E-state index in [1.54, 1.807) is 13.1 Å². The van der Waals surface area contributed by atoms with Gasteiger partial charge in [0.1, 0.15) is 16.9 Å². The van der Waals surface area contributed by atoms with Gasteiger partial charge < -0.3 is 19.7 Å². The van der Waals surface area contributed by atoms with Crippen molar-refractivity contribution in [3.8, 4) is 0 Å². The number of carbonyl (C=O) groups excluding carboxylic acids is 2. The van der Waals surface area contributed by atoms with Crippen LogP contribution in [-0.2, 0) is 15.9 Å². The maximum absolute atomic E-state index is 12.7. The number of aliphatic imine (C=N–C) groups is 1. The second-order valence-electron chi connectivity index (χ2n) is 9.16. The Labute approximate surface area is 177 Å². The van der Waals surface area contributed by atoms with E-state index in [4.69, 9.17) is 9.47 Å². The molecule has 0 aliphatic carbocycles. The Bertz CT molecular complexity index is 863. The van der Waals surface area contributed by atoms with Crippen molar-refractivity contribution >= 4 is 29.7 Å². The number of nitrogens with one attached hydrogen (secondary N) is 1. The highest BCUT2D eigenvalue weighted by atomic mass is 16.6. The van der Waals surface area contributed by atoms with E-state index in [1.807, 2.05) is 31.9 Å². The molecule has 0 radical (unpaired) electrons. The number of nitrogens with zero attached hydrogens (tertiary/aromatic N) is 3. The minimum atomic E-state index is -0.504. The molecule has 1 N–H and O–H groups in total. The van der Waals surface area contributed by atoms with Gasteiger partial charge in [0.25, 0.3) is 0 Å². The van der Waals surface area contributed by atoms with Crippen LogP contribution in [0.2, 0.25) is 0 Å². The molecule has 1 aromatic rings. The third kappa shape index (κ3) is 4.00. The van der Waals surface area contributed by atoms with Crippen molar-refractivity contribution < 1.29 is 19.1 Å². The SMILES string of the molecule is CCOC(=O)c1cnc2c(c1NC1C[C@H]3CC[C@@H](C1)N3C(=O)OC(C)(C)C)N=CC2. The first-order chi connectivity index (χ1) is 14.3. The van der Waals surface area contributed by atoms with E-state index < -0.39 is 11.6 Å². The molecule has 4 heterocycles. The van der Waals surface area contributed by atoms with Crippen LogP contribution in [0.3, 0.4) is 0 Å². The van der Waals surface area contributed by atoms with Crippen molar-refractivity contribution in [2.24, 2.45) is 4.99 Å². The molecule has 0 saturated carbocycles. The van der Waals surface area contributed by atoms with Gasteiger partial charge >= 0.3 is 12.1 Å². The zero-order valence-corrected chi connectivity index (χ0v) is 18.1. The molecule has 2 bridgehead atoms. The van der Waals surface area contributed by atoms with Gasteiger partial charge in [0, 0.05) is 37.0 Å². The minimum Gasteiger partial charge on any atom is -0.462 e. The number of anilines is 1. The highest BCUT2D eigenvalue weighted by molar-refractivity contribution is 6.00. The molecule has 3 aliphatic rings. The van der Waals surface area contributed by atoms with Crippen molar-refractivity contribution in [3.63, 3.8) is 0 Å². The number of fused-ring (bicyclic) bond motifs is 3. The molecule has 162 valence electrons. The van der Waals surface area contributed by atoms with Crippen molar-refractivity contribution in [2.45, 2.75) is 83.5 Å². The molecule has 1 unspecified atom stereocenters. The smallest absolute Gasteiger partial charge is 0.410 e. The maximum Gasteiger partial charge on any atom is 0.410 e. The molecule has 0 spiro atoms. The van der Waals surface area contributed by atoms with Gasteiger partial charge in [-0.3, -0.25) is 9.98 Å². The highest BCUT2D eigenvalue weighted by Crippen LogP contribution is 2.41. The summed E-state index contributed by atoms with van der Waals surface area (Å²) >= 11 is 0. The molecule has 8 heteroatoms. The van der Waals surface area contributed by atoms with E-state index in [-0.39, 0.29) is 24.2 Å². The summed E-state index contributed by atoms with van der Waals surface area (Å²) in [6.45, 7) is 7.76. The lowest BCUT2D eigenvalue weighted by atomic mass is 9.96. The Hall–Kier alpha value is -2.64. The summed E-state index contributed by atoms with van der Waals surface area (Å²) < 4.78 is 10.9. The van der Waals surface area contributed by atoms with Gasteiger partial charge in [-0.25, -0.2) is 9.59 Å². The van der Waals surface area contributed by atoms with E-state index in [0.717, 1.165) is 37.1 Å². The lowest BCUT2D eigenvalue weighted by Crippen LogP contribution is -2.51. The fourth-order valence-corrected chi connectivity index (χ4v) is 4.67. The summed E-state index contributed by atoms with van der Waals surface area (Å²) in [5, 5.41) is 3.56. The summed E-state index contributed by atoms with van der Waals surface area (Å²) in [5.41, 5.74) is 2.19. The first-order valence-electron chi connectivity index (χ1n) is 10.8. The quantitative estimate of drug-likeness (QED) is 0.752. The van der Waals surface area contributed by atoms with Crippen LogP contribution < -0.4 is 5.32 Å². The van der Waals surface area contributed by atoms with E-state index in [2.05, 4.69) is 15.3 Å². The van der Waals surface area contributed by atoms with Gasteiger partial charge in [0.05, 0.1) is 18.0 Å². The molecule has 2 fully saturated rings. The number of hydrogen-bond donors (Lipinski definition) is 1. The summed E-state index contributed by atoms with van der Waals surface area (Å²) in [7, 11) is 0. The van der Waals surface area contributed by atoms with Gasteiger partial charge in [-0.05, 0) is 53.4 Å². The van der Waals surface area contributed by atoms with Crippen LogP contribution in [0.25, 0.3) is 0 Å². The van der Waals surface area contributed by atoms with Gasteiger partial charge in [-0.1, -0.05) is 0 Å². The Morgan fingerprint density at radius 2 is 1.93 bits per heavy atom. The maximum atomic E-state index is 12.7. The molecule has 2 saturated heterocycles. The molecule has 1 aromatic heterocycles. The summed E-state index contributed by atoms with van der Waals surface area (Å²) in [5.74, 6) is -0.397. The number of pyridine rings is 1. The molecule has 8 nitrogen and oxygen atoms in total. The predicted octanol–water partition coefficient (Wildman–Crippen LogP) is 3.86. The third-order valence-electron chi connectivity index (χ3n) is 5.82. The summed E-state index contributed by atoms with van der Waals surface area (Å²) in [6.07, 6.45) is 7.38. The van der Waals surface area contributed by atoms with E-state index >= 15 is 0 Å². The summed E-state index contributed by atoms with van der Waals surface area (Å²) in [6, 6.07) is 0.415. The van der Waals surface area contributed by atoms with Crippen LogP contribution in [0.5, 0.6) is 0 Å². The minimum absolute atomic E-state index is 0.136. The fraction of sp³-hybridized carbons (Fsp3) is 0.636. The first-order valence-corrected chi connectivity index (χ1v) is 10.8. The van der Waals surface area contributed by atoms with Crippen LogP contribution in [0.15, 0.2) is 11.2 Å². The molecule has 1 amide bonds. The predicted molar refractivity (Wildman–Crippen MR) is 114 cm³/mol. The zero-order chi connectivity index (χ0) is 21.5. The second kappa shape index (κ2) is 7.89. The Balaban J connectivity index is 1.53. The standard InChI is InChI=1S/C22H30N4O4/c1-5-29-20(27)16-12-24-17-8-9-23-19(17)18(16)25-13-10-14-6-7-15(11-13)26(14)21(28)30-22(2,3)4/h9,12-15H,5-8,10-11H2,1-4H3,(H,24,25)/t13?,14-,15+. The second-order valence-corrected chi connectivity index (χ2v) is 9.16. The van der Waals surface area contributed by atoms with Crippen LogP contribution >= 0.6 is 0 Å². The van der Waals surface area contributed by atoms with Crippen molar-refractivity contribution in [2.75, 3.05) is 11.9 Å². The van der Waals surface area contributed by atoms with Crippen LogP contribution in [0, 0.1) is 0 Å². The Morgan fingerprint density at radius 3 is 2.57 bits per heavy atom. The fourth-order valence-electron chi connectivity index (χ4n) is 4.67. The number of rotatable bonds is 4. The Morgan fingerprint density at radius 1 is 1.23 bits per heavy atom. The molecular weight excluding hydrogens is 384 g/mol. The number of carbonyl (C=O) groups is 2. The lowest BCUT2D eigenvalue weighted by Gasteiger charge is -2.40. The third-order valence-corrected chi connectivity index (χ3v) is 5.82. The monoisotopic (exact) mass is 414 g/mol. The van der Waals surface area contributed by atoms with Crippen LogP contribution in [0.1, 0.15) is 69.4 Å². The number of hydrogen-bond acceptors (Lipinski definition) is 7. The largest absolute Gasteiger partial charge is 0.462 e. The molecular formula is C22H30N4O4. The topological polar surface area (TPSA) is 93.1 Å². The number of ether oxygens (including phenoxy) is 2. The molecule has 0 aromatic carbocycles. The van der Waals surface area contributed by atoms with Crippen molar-refractivity contribution in [3.05, 3.63) is 17.5 Å². The highest BCUT2D eigenvalue weighted by Gasteiger charge is 2.45. The first kappa shape index (κ1) is 20.6.